The molecular weight excluding hydrogens is 466 g/mol. The Kier molecular flexibility index (Phi) is 6.34. The zero-order chi connectivity index (χ0) is 24.3. The second-order valence-electron chi connectivity index (χ2n) is 8.01. The third-order valence-corrected chi connectivity index (χ3v) is 6.88. The average Bonchev–Trinajstić information content (AvgIpc) is 3.41. The molecule has 0 radical (unpaired) electrons. The first-order valence-corrected chi connectivity index (χ1v) is 12.6. The zero-order valence-corrected chi connectivity index (χ0v) is 19.9. The van der Waals surface area contributed by atoms with Crippen molar-refractivity contribution in [1.82, 2.24) is 19.7 Å². The molecule has 2 N–H and O–H groups in total. The van der Waals surface area contributed by atoms with E-state index in [0.717, 1.165) is 30.3 Å². The molecule has 35 heavy (non-hydrogen) atoms. The van der Waals surface area contributed by atoms with E-state index in [-0.39, 0.29) is 4.90 Å². The molecule has 4 aromatic rings. The Morgan fingerprint density at radius 3 is 2.34 bits per heavy atom. The number of ether oxygens (including phenoxy) is 1. The Labute approximate surface area is 203 Å². The lowest BCUT2D eigenvalue weighted by Gasteiger charge is -2.28. The van der Waals surface area contributed by atoms with E-state index in [2.05, 4.69) is 30.0 Å². The number of aromatic nitrogens is 4. The normalized spacial score (nSPS) is 14.0. The van der Waals surface area contributed by atoms with Crippen molar-refractivity contribution in [2.24, 2.45) is 0 Å². The van der Waals surface area contributed by atoms with Crippen molar-refractivity contribution in [3.8, 4) is 5.69 Å². The van der Waals surface area contributed by atoms with E-state index in [1.165, 1.54) is 0 Å². The molecule has 1 saturated heterocycles. The number of anilines is 4. The summed E-state index contributed by atoms with van der Waals surface area (Å²) in [6.45, 7) is 4.79. The van der Waals surface area contributed by atoms with Gasteiger partial charge in [-0.05, 0) is 61.5 Å². The van der Waals surface area contributed by atoms with Gasteiger partial charge in [0.05, 0.1) is 23.8 Å². The second kappa shape index (κ2) is 9.72. The first kappa shape index (κ1) is 22.8. The van der Waals surface area contributed by atoms with E-state index in [9.17, 15) is 8.42 Å². The van der Waals surface area contributed by atoms with Crippen LogP contribution in [0.4, 0.5) is 23.0 Å². The summed E-state index contributed by atoms with van der Waals surface area (Å²) in [5.74, 6) is 2.19. The van der Waals surface area contributed by atoms with Crippen LogP contribution in [0.3, 0.4) is 0 Å². The van der Waals surface area contributed by atoms with Crippen molar-refractivity contribution in [2.75, 3.05) is 41.2 Å². The van der Waals surface area contributed by atoms with Gasteiger partial charge in [-0.3, -0.25) is 4.72 Å². The predicted octanol–water partition coefficient (Wildman–Crippen LogP) is 3.35. The van der Waals surface area contributed by atoms with Gasteiger partial charge >= 0.3 is 0 Å². The highest BCUT2D eigenvalue weighted by molar-refractivity contribution is 7.92. The van der Waals surface area contributed by atoms with Crippen molar-refractivity contribution in [3.63, 3.8) is 0 Å². The molecule has 1 fully saturated rings. The molecule has 10 nitrogen and oxygen atoms in total. The summed E-state index contributed by atoms with van der Waals surface area (Å²) in [6.07, 6.45) is 3.46. The first-order chi connectivity index (χ1) is 17.0. The van der Waals surface area contributed by atoms with Crippen LogP contribution in [0.1, 0.15) is 5.82 Å². The highest BCUT2D eigenvalue weighted by Crippen LogP contribution is 2.23. The predicted molar refractivity (Wildman–Crippen MR) is 134 cm³/mol. The summed E-state index contributed by atoms with van der Waals surface area (Å²) in [7, 11) is -3.73. The smallest absolute Gasteiger partial charge is 0.261 e. The molecule has 1 aliphatic rings. The monoisotopic (exact) mass is 491 g/mol. The van der Waals surface area contributed by atoms with Gasteiger partial charge in [0.15, 0.2) is 0 Å². The maximum absolute atomic E-state index is 12.8. The van der Waals surface area contributed by atoms with Gasteiger partial charge in [-0.1, -0.05) is 0 Å². The van der Waals surface area contributed by atoms with Crippen LogP contribution in [-0.4, -0.2) is 54.5 Å². The van der Waals surface area contributed by atoms with Gasteiger partial charge in [-0.25, -0.2) is 23.1 Å². The molecule has 0 atom stereocenters. The van der Waals surface area contributed by atoms with Crippen molar-refractivity contribution in [2.45, 2.75) is 11.8 Å². The molecule has 5 rings (SSSR count). The zero-order valence-electron chi connectivity index (χ0n) is 19.1. The van der Waals surface area contributed by atoms with E-state index >= 15 is 0 Å². The minimum atomic E-state index is -3.73. The number of hydrogen-bond acceptors (Lipinski definition) is 8. The van der Waals surface area contributed by atoms with Crippen LogP contribution in [0.15, 0.2) is 78.0 Å². The molecule has 3 heterocycles. The van der Waals surface area contributed by atoms with Gasteiger partial charge < -0.3 is 15.0 Å². The molecule has 2 aromatic carbocycles. The van der Waals surface area contributed by atoms with Crippen LogP contribution in [0, 0.1) is 6.92 Å². The minimum Gasteiger partial charge on any atom is -0.378 e. The van der Waals surface area contributed by atoms with E-state index in [0.29, 0.717) is 30.5 Å². The lowest BCUT2D eigenvalue weighted by Crippen LogP contribution is -2.36. The third kappa shape index (κ3) is 5.42. The van der Waals surface area contributed by atoms with Crippen molar-refractivity contribution in [3.05, 3.63) is 78.9 Å². The van der Waals surface area contributed by atoms with Crippen LogP contribution in [-0.2, 0) is 14.8 Å². The van der Waals surface area contributed by atoms with Gasteiger partial charge in [-0.2, -0.15) is 5.10 Å². The Morgan fingerprint density at radius 2 is 1.66 bits per heavy atom. The maximum Gasteiger partial charge on any atom is 0.261 e. The fourth-order valence-electron chi connectivity index (χ4n) is 3.75. The summed E-state index contributed by atoms with van der Waals surface area (Å²) in [5.41, 5.74) is 2.02. The molecule has 0 spiro atoms. The molecule has 180 valence electrons. The average molecular weight is 492 g/mol. The second-order valence-corrected chi connectivity index (χ2v) is 9.69. The third-order valence-electron chi connectivity index (χ3n) is 5.48. The number of nitrogens with one attached hydrogen (secondary N) is 2. The SMILES string of the molecule is Cc1nc(Nc2ccc(NS(=O)(=O)c3ccc(-n4cccn4)cc3)cc2)cc(N2CCOCC2)n1. The fraction of sp³-hybridized carbons (Fsp3) is 0.208. The largest absolute Gasteiger partial charge is 0.378 e. The molecule has 2 aromatic heterocycles. The first-order valence-electron chi connectivity index (χ1n) is 11.1. The number of nitrogens with zero attached hydrogens (tertiary/aromatic N) is 5. The summed E-state index contributed by atoms with van der Waals surface area (Å²) in [5, 5.41) is 7.42. The lowest BCUT2D eigenvalue weighted by molar-refractivity contribution is 0.122. The van der Waals surface area contributed by atoms with Crippen LogP contribution in [0.25, 0.3) is 5.69 Å². The molecule has 0 unspecified atom stereocenters. The molecule has 0 amide bonds. The molecule has 0 aliphatic carbocycles. The van der Waals surface area contributed by atoms with Crippen LogP contribution in [0.5, 0.6) is 0 Å². The Balaban J connectivity index is 1.26. The molecular formula is C24H25N7O3S. The summed E-state index contributed by atoms with van der Waals surface area (Å²) < 4.78 is 35.3. The van der Waals surface area contributed by atoms with E-state index in [1.807, 2.05) is 13.0 Å². The highest BCUT2D eigenvalue weighted by Gasteiger charge is 2.16. The number of rotatable bonds is 7. The molecule has 0 bridgehead atoms. The summed E-state index contributed by atoms with van der Waals surface area (Å²) in [6, 6.07) is 17.2. The van der Waals surface area contributed by atoms with Crippen molar-refractivity contribution in [1.29, 1.82) is 0 Å². The molecule has 0 saturated carbocycles. The van der Waals surface area contributed by atoms with Gasteiger partial charge in [-0.15, -0.1) is 0 Å². The quantitative estimate of drug-likeness (QED) is 0.405. The standard InChI is InChI=1S/C24H25N7O3S/c1-18-26-23(17-24(27-18)30-13-15-34-16-14-30)28-19-3-5-20(6-4-19)29-35(32,33)22-9-7-21(8-10-22)31-12-2-11-25-31/h2-12,17,29H,13-16H2,1H3,(H,26,27,28). The number of aryl methyl sites for hydroxylation is 1. The van der Waals surface area contributed by atoms with Crippen molar-refractivity contribution >= 4 is 33.0 Å². The number of sulfonamides is 1. The van der Waals surface area contributed by atoms with Crippen LogP contribution < -0.4 is 14.9 Å². The fourth-order valence-corrected chi connectivity index (χ4v) is 4.81. The van der Waals surface area contributed by atoms with E-state index in [4.69, 9.17) is 4.74 Å². The summed E-state index contributed by atoms with van der Waals surface area (Å²) in [4.78, 5) is 11.4. The molecule has 11 heteroatoms. The van der Waals surface area contributed by atoms with Gasteiger partial charge in [0.1, 0.15) is 17.5 Å². The topological polar surface area (TPSA) is 114 Å². The van der Waals surface area contributed by atoms with Crippen molar-refractivity contribution < 1.29 is 13.2 Å². The highest BCUT2D eigenvalue weighted by atomic mass is 32.2. The number of morpholine rings is 1. The Hall–Kier alpha value is -3.96. The summed E-state index contributed by atoms with van der Waals surface area (Å²) >= 11 is 0. The minimum absolute atomic E-state index is 0.169. The Bertz CT molecular complexity index is 1380. The van der Waals surface area contributed by atoms with E-state index < -0.39 is 10.0 Å². The number of benzene rings is 2. The number of hydrogen-bond donors (Lipinski definition) is 2. The Morgan fingerprint density at radius 1 is 0.943 bits per heavy atom. The van der Waals surface area contributed by atoms with Crippen LogP contribution in [0.2, 0.25) is 0 Å². The van der Waals surface area contributed by atoms with Gasteiger partial charge in [0.2, 0.25) is 0 Å². The van der Waals surface area contributed by atoms with Gasteiger partial charge in [0.25, 0.3) is 10.0 Å². The van der Waals surface area contributed by atoms with E-state index in [1.54, 1.807) is 71.7 Å². The molecule has 1 aliphatic heterocycles. The van der Waals surface area contributed by atoms with Crippen LogP contribution >= 0.6 is 0 Å². The lowest BCUT2D eigenvalue weighted by atomic mass is 10.3. The maximum atomic E-state index is 12.8. The van der Waals surface area contributed by atoms with Gasteiger partial charge in [0, 0.05) is 42.9 Å².